The van der Waals surface area contributed by atoms with Gasteiger partial charge < -0.3 is 5.32 Å². The van der Waals surface area contributed by atoms with Crippen LogP contribution in [0.3, 0.4) is 0 Å². The molecule has 3 aromatic rings. The lowest BCUT2D eigenvalue weighted by molar-refractivity contribution is -0.114. The van der Waals surface area contributed by atoms with Crippen LogP contribution in [0, 0.1) is 27.7 Å². The second kappa shape index (κ2) is 9.16. The molecule has 0 bridgehead atoms. The molecule has 2 aromatic carbocycles. The van der Waals surface area contributed by atoms with Gasteiger partial charge in [0.2, 0.25) is 5.91 Å². The average molecular weight is 455 g/mol. The summed E-state index contributed by atoms with van der Waals surface area (Å²) in [5, 5.41) is 9.60. The molecular weight excluding hydrogens is 424 g/mol. The number of aromatic nitrogens is 2. The van der Waals surface area contributed by atoms with E-state index >= 15 is 0 Å². The van der Waals surface area contributed by atoms with Gasteiger partial charge in [0.15, 0.2) is 0 Å². The molecule has 0 aliphatic rings. The minimum atomic E-state index is -4.03. The fourth-order valence-electron chi connectivity index (χ4n) is 3.65. The van der Waals surface area contributed by atoms with Gasteiger partial charge in [-0.1, -0.05) is 43.7 Å². The van der Waals surface area contributed by atoms with Crippen LogP contribution in [0.25, 0.3) is 0 Å². The third kappa shape index (κ3) is 4.85. The number of H-pyrrole nitrogens is 1. The van der Waals surface area contributed by atoms with Crippen LogP contribution in [-0.2, 0) is 14.8 Å². The quantitative estimate of drug-likeness (QED) is 0.545. The van der Waals surface area contributed by atoms with Gasteiger partial charge in [0.25, 0.3) is 10.0 Å². The molecule has 0 saturated heterocycles. The Labute approximate surface area is 189 Å². The predicted octanol–water partition coefficient (Wildman–Crippen LogP) is 4.60. The van der Waals surface area contributed by atoms with Crippen molar-refractivity contribution < 1.29 is 13.2 Å². The molecule has 32 heavy (non-hydrogen) atoms. The molecule has 1 heterocycles. The Hall–Kier alpha value is -3.13. The highest BCUT2D eigenvalue weighted by Gasteiger charge is 2.31. The Morgan fingerprint density at radius 1 is 1.06 bits per heavy atom. The highest BCUT2D eigenvalue weighted by Crippen LogP contribution is 2.28. The third-order valence-electron chi connectivity index (χ3n) is 5.40. The highest BCUT2D eigenvalue weighted by molar-refractivity contribution is 7.93. The van der Waals surface area contributed by atoms with Crippen LogP contribution in [0.4, 0.5) is 11.4 Å². The first-order valence-corrected chi connectivity index (χ1v) is 12.0. The lowest BCUT2D eigenvalue weighted by atomic mass is 10.0. The van der Waals surface area contributed by atoms with Crippen molar-refractivity contribution in [2.45, 2.75) is 52.4 Å². The molecule has 0 radical (unpaired) electrons. The van der Waals surface area contributed by atoms with Gasteiger partial charge in [-0.3, -0.25) is 14.2 Å². The van der Waals surface area contributed by atoms with Crippen molar-refractivity contribution in [1.29, 1.82) is 0 Å². The van der Waals surface area contributed by atoms with Gasteiger partial charge in [-0.25, -0.2) is 8.42 Å². The molecule has 3 rings (SSSR count). The van der Waals surface area contributed by atoms with Crippen molar-refractivity contribution in [3.05, 3.63) is 70.5 Å². The first kappa shape index (κ1) is 23.5. The maximum Gasteiger partial charge on any atom is 0.268 e. The number of rotatable bonds is 7. The molecule has 1 aromatic heterocycles. The maximum atomic E-state index is 13.6. The van der Waals surface area contributed by atoms with Gasteiger partial charge in [-0.15, -0.1) is 0 Å². The zero-order chi connectivity index (χ0) is 23.6. The first-order valence-electron chi connectivity index (χ1n) is 10.5. The van der Waals surface area contributed by atoms with Crippen molar-refractivity contribution in [2.75, 3.05) is 16.2 Å². The lowest BCUT2D eigenvalue weighted by Crippen LogP contribution is -2.38. The predicted molar refractivity (Wildman–Crippen MR) is 128 cm³/mol. The lowest BCUT2D eigenvalue weighted by Gasteiger charge is -2.25. The summed E-state index contributed by atoms with van der Waals surface area (Å²) in [6.07, 6.45) is 0. The molecule has 1 amide bonds. The Morgan fingerprint density at radius 2 is 1.72 bits per heavy atom. The van der Waals surface area contributed by atoms with Gasteiger partial charge in [0.05, 0.1) is 17.1 Å². The molecule has 0 atom stereocenters. The normalized spacial score (nSPS) is 11.6. The van der Waals surface area contributed by atoms with Gasteiger partial charge in [0.1, 0.15) is 11.4 Å². The minimum Gasteiger partial charge on any atom is -0.324 e. The van der Waals surface area contributed by atoms with E-state index in [2.05, 4.69) is 29.4 Å². The summed E-state index contributed by atoms with van der Waals surface area (Å²) >= 11 is 0. The number of sulfonamides is 1. The fourth-order valence-corrected chi connectivity index (χ4v) is 5.40. The monoisotopic (exact) mass is 454 g/mol. The number of nitrogens with zero attached hydrogens (tertiary/aromatic N) is 2. The van der Waals surface area contributed by atoms with Crippen LogP contribution in [0.5, 0.6) is 0 Å². The SMILES string of the molecule is Cc1ccc(NC(=O)CN(c2ccc(C(C)C)cc2)S(=O)(=O)c2c(C)n[nH]c2C)c(C)c1. The maximum absolute atomic E-state index is 13.6. The average Bonchev–Trinajstić information content (AvgIpc) is 3.07. The molecule has 8 heteroatoms. The van der Waals surface area contributed by atoms with Gasteiger partial charge in [0, 0.05) is 5.69 Å². The van der Waals surface area contributed by atoms with Crippen molar-refractivity contribution in [3.63, 3.8) is 0 Å². The van der Waals surface area contributed by atoms with Gasteiger partial charge in [-0.2, -0.15) is 5.10 Å². The fraction of sp³-hybridized carbons (Fsp3) is 0.333. The van der Waals surface area contributed by atoms with E-state index in [0.29, 0.717) is 28.7 Å². The first-order chi connectivity index (χ1) is 15.0. The molecule has 0 saturated carbocycles. The summed E-state index contributed by atoms with van der Waals surface area (Å²) in [7, 11) is -4.03. The van der Waals surface area contributed by atoms with Crippen LogP contribution in [-0.4, -0.2) is 31.1 Å². The summed E-state index contributed by atoms with van der Waals surface area (Å²) in [4.78, 5) is 13.0. The number of hydrogen-bond acceptors (Lipinski definition) is 4. The molecular formula is C24H30N4O3S. The van der Waals surface area contributed by atoms with Crippen molar-refractivity contribution >= 4 is 27.3 Å². The van der Waals surface area contributed by atoms with E-state index < -0.39 is 15.9 Å². The van der Waals surface area contributed by atoms with Crippen LogP contribution < -0.4 is 9.62 Å². The molecule has 0 spiro atoms. The van der Waals surface area contributed by atoms with E-state index in [1.165, 1.54) is 0 Å². The second-order valence-electron chi connectivity index (χ2n) is 8.39. The number of aromatic amines is 1. The molecule has 7 nitrogen and oxygen atoms in total. The zero-order valence-electron chi connectivity index (χ0n) is 19.4. The van der Waals surface area contributed by atoms with Crippen molar-refractivity contribution in [1.82, 2.24) is 10.2 Å². The minimum absolute atomic E-state index is 0.0877. The number of amides is 1. The van der Waals surface area contributed by atoms with E-state index in [1.54, 1.807) is 26.0 Å². The van der Waals surface area contributed by atoms with E-state index in [1.807, 2.05) is 44.2 Å². The summed E-state index contributed by atoms with van der Waals surface area (Å²) in [6.45, 7) is 10.9. The Kier molecular flexibility index (Phi) is 6.74. The van der Waals surface area contributed by atoms with E-state index in [4.69, 9.17) is 0 Å². The van der Waals surface area contributed by atoms with E-state index in [0.717, 1.165) is 21.0 Å². The number of nitrogens with one attached hydrogen (secondary N) is 2. The molecule has 0 fully saturated rings. The summed E-state index contributed by atoms with van der Waals surface area (Å²) in [6, 6.07) is 12.9. The smallest absolute Gasteiger partial charge is 0.268 e. The molecule has 0 unspecified atom stereocenters. The van der Waals surface area contributed by atoms with Crippen LogP contribution >= 0.6 is 0 Å². The number of carbonyl (C=O) groups excluding carboxylic acids is 1. The number of hydrogen-bond donors (Lipinski definition) is 2. The van der Waals surface area contributed by atoms with Crippen molar-refractivity contribution in [2.24, 2.45) is 0 Å². The third-order valence-corrected chi connectivity index (χ3v) is 7.44. The number of anilines is 2. The largest absolute Gasteiger partial charge is 0.324 e. The molecule has 170 valence electrons. The standard InChI is InChI=1S/C24H30N4O3S/c1-15(2)20-8-10-21(11-9-20)28(32(30,31)24-18(5)26-27-19(24)6)14-23(29)25-22-12-7-16(3)13-17(22)4/h7-13,15H,14H2,1-6H3,(H,25,29)(H,26,27). The van der Waals surface area contributed by atoms with Gasteiger partial charge in [-0.05, 0) is 62.9 Å². The van der Waals surface area contributed by atoms with Crippen LogP contribution in [0.1, 0.15) is 47.8 Å². The van der Waals surface area contributed by atoms with Gasteiger partial charge >= 0.3 is 0 Å². The topological polar surface area (TPSA) is 95.2 Å². The number of aryl methyl sites for hydroxylation is 4. The molecule has 0 aliphatic carbocycles. The summed E-state index contributed by atoms with van der Waals surface area (Å²) < 4.78 is 28.4. The van der Waals surface area contributed by atoms with Crippen LogP contribution in [0.2, 0.25) is 0 Å². The summed E-state index contributed by atoms with van der Waals surface area (Å²) in [5.74, 6) is -0.118. The zero-order valence-corrected chi connectivity index (χ0v) is 20.2. The number of benzene rings is 2. The van der Waals surface area contributed by atoms with Crippen molar-refractivity contribution in [3.8, 4) is 0 Å². The molecule has 2 N–H and O–H groups in total. The summed E-state index contributed by atoms with van der Waals surface area (Å²) in [5.41, 5.74) is 4.95. The number of carbonyl (C=O) groups is 1. The highest BCUT2D eigenvalue weighted by atomic mass is 32.2. The van der Waals surface area contributed by atoms with E-state index in [9.17, 15) is 13.2 Å². The Morgan fingerprint density at radius 3 is 2.25 bits per heavy atom. The Bertz CT molecular complexity index is 1210. The Balaban J connectivity index is 1.99. The second-order valence-corrected chi connectivity index (χ2v) is 10.2. The molecule has 0 aliphatic heterocycles. The van der Waals surface area contributed by atoms with E-state index in [-0.39, 0.29) is 11.4 Å². The van der Waals surface area contributed by atoms with Crippen LogP contribution in [0.15, 0.2) is 47.4 Å².